The van der Waals surface area contributed by atoms with Crippen LogP contribution in [-0.4, -0.2) is 68.6 Å². The van der Waals surface area contributed by atoms with E-state index < -0.39 is 5.78 Å². The van der Waals surface area contributed by atoms with Crippen molar-refractivity contribution in [2.75, 3.05) is 42.3 Å². The summed E-state index contributed by atoms with van der Waals surface area (Å²) in [5, 5.41) is -0.0128. The van der Waals surface area contributed by atoms with Crippen LogP contribution >= 0.6 is 11.6 Å². The summed E-state index contributed by atoms with van der Waals surface area (Å²) in [7, 11) is 10.5. The summed E-state index contributed by atoms with van der Waals surface area (Å²) in [5.74, 6) is -0.185. The van der Waals surface area contributed by atoms with Gasteiger partial charge in [-0.05, 0) is 0 Å². The smallest absolute Gasteiger partial charge is 0.218 e. The molecule has 0 atom stereocenters. The lowest BCUT2D eigenvalue weighted by molar-refractivity contribution is -0.116. The van der Waals surface area contributed by atoms with Crippen molar-refractivity contribution >= 4 is 23.2 Å². The fourth-order valence-electron chi connectivity index (χ4n) is 1.99. The minimum absolute atomic E-state index is 0.0128. The van der Waals surface area contributed by atoms with Gasteiger partial charge in [-0.15, -0.1) is 0 Å². The molecular formula is C12H18ClN3O2. The van der Waals surface area contributed by atoms with Crippen molar-refractivity contribution in [2.24, 2.45) is 0 Å². The van der Waals surface area contributed by atoms with Crippen molar-refractivity contribution < 1.29 is 9.59 Å². The summed E-state index contributed by atoms with van der Waals surface area (Å²) in [5.41, 5.74) is 0.372. The standard InChI is InChI=1S/C12H18ClN3O2/c1-14(2)9-8(13)10(17)7(11(9)18)12(15(3)4)16(5)6/h1-6H3. The molecule has 1 aliphatic rings. The van der Waals surface area contributed by atoms with Gasteiger partial charge in [-0.25, -0.2) is 0 Å². The van der Waals surface area contributed by atoms with Gasteiger partial charge >= 0.3 is 0 Å². The largest absolute Gasteiger partial charge is 0.373 e. The Kier molecular flexibility index (Phi) is 4.06. The zero-order valence-corrected chi connectivity index (χ0v) is 12.3. The van der Waals surface area contributed by atoms with E-state index in [9.17, 15) is 9.59 Å². The molecule has 0 aromatic rings. The molecule has 0 saturated heterocycles. The van der Waals surface area contributed by atoms with E-state index in [2.05, 4.69) is 0 Å². The number of allylic oxidation sites excluding steroid dienone is 2. The van der Waals surface area contributed by atoms with Gasteiger partial charge in [-0.1, -0.05) is 11.6 Å². The highest BCUT2D eigenvalue weighted by atomic mass is 35.5. The second-order valence-corrected chi connectivity index (χ2v) is 5.08. The number of rotatable bonds is 3. The molecule has 6 heteroatoms. The normalized spacial score (nSPS) is 15.4. The highest BCUT2D eigenvalue weighted by molar-refractivity contribution is 6.55. The van der Waals surface area contributed by atoms with E-state index in [1.165, 1.54) is 0 Å². The van der Waals surface area contributed by atoms with Crippen LogP contribution in [0.25, 0.3) is 0 Å². The van der Waals surface area contributed by atoms with Crippen molar-refractivity contribution in [3.8, 4) is 0 Å². The van der Waals surface area contributed by atoms with Crippen molar-refractivity contribution in [1.29, 1.82) is 0 Å². The third kappa shape index (κ3) is 2.22. The zero-order chi connectivity index (χ0) is 14.2. The Morgan fingerprint density at radius 3 is 1.61 bits per heavy atom. The Hall–Kier alpha value is -1.49. The highest BCUT2D eigenvalue weighted by Gasteiger charge is 2.39. The molecule has 0 heterocycles. The Balaban J connectivity index is 3.45. The summed E-state index contributed by atoms with van der Waals surface area (Å²) in [4.78, 5) is 29.5. The van der Waals surface area contributed by atoms with E-state index in [4.69, 9.17) is 11.6 Å². The molecule has 0 spiro atoms. The maximum Gasteiger partial charge on any atom is 0.218 e. The molecule has 0 aromatic heterocycles. The molecule has 0 saturated carbocycles. The molecule has 5 nitrogen and oxygen atoms in total. The molecule has 18 heavy (non-hydrogen) atoms. The molecule has 0 N–H and O–H groups in total. The quantitative estimate of drug-likeness (QED) is 0.552. The lowest BCUT2D eigenvalue weighted by Crippen LogP contribution is -2.30. The van der Waals surface area contributed by atoms with Gasteiger partial charge in [0.2, 0.25) is 11.6 Å². The first kappa shape index (κ1) is 14.6. The van der Waals surface area contributed by atoms with Crippen LogP contribution in [0.5, 0.6) is 0 Å². The summed E-state index contributed by atoms with van der Waals surface area (Å²) < 4.78 is 0. The average Bonchev–Trinajstić information content (AvgIpc) is 2.41. The summed E-state index contributed by atoms with van der Waals surface area (Å²) in [6, 6.07) is 0. The summed E-state index contributed by atoms with van der Waals surface area (Å²) >= 11 is 5.96. The zero-order valence-electron chi connectivity index (χ0n) is 11.5. The van der Waals surface area contributed by atoms with Gasteiger partial charge in [0.1, 0.15) is 22.1 Å². The third-order valence-electron chi connectivity index (χ3n) is 2.59. The molecule has 1 aliphatic carbocycles. The fourth-order valence-corrected chi connectivity index (χ4v) is 2.34. The Morgan fingerprint density at radius 2 is 1.33 bits per heavy atom. The minimum Gasteiger partial charge on any atom is -0.373 e. The number of carbonyl (C=O) groups is 2. The first-order valence-corrected chi connectivity index (χ1v) is 5.83. The van der Waals surface area contributed by atoms with Crippen molar-refractivity contribution in [3.63, 3.8) is 0 Å². The van der Waals surface area contributed by atoms with Crippen LogP contribution in [-0.2, 0) is 9.59 Å². The van der Waals surface area contributed by atoms with E-state index in [0.29, 0.717) is 5.82 Å². The molecule has 0 unspecified atom stereocenters. The van der Waals surface area contributed by atoms with Gasteiger partial charge in [0.25, 0.3) is 0 Å². The van der Waals surface area contributed by atoms with Crippen molar-refractivity contribution in [3.05, 3.63) is 22.1 Å². The Morgan fingerprint density at radius 1 is 0.889 bits per heavy atom. The number of halogens is 1. The van der Waals surface area contributed by atoms with E-state index in [1.54, 1.807) is 57.0 Å². The van der Waals surface area contributed by atoms with Gasteiger partial charge in [0.15, 0.2) is 0 Å². The molecule has 0 fully saturated rings. The van der Waals surface area contributed by atoms with Gasteiger partial charge in [-0.2, -0.15) is 0 Å². The molecule has 0 aliphatic heterocycles. The molecule has 100 valence electrons. The number of hydrogen-bond acceptors (Lipinski definition) is 5. The molecule has 0 bridgehead atoms. The summed E-state index contributed by atoms with van der Waals surface area (Å²) in [6.07, 6.45) is 0. The molecule has 0 aromatic carbocycles. The van der Waals surface area contributed by atoms with E-state index in [-0.39, 0.29) is 22.1 Å². The van der Waals surface area contributed by atoms with Crippen LogP contribution in [0, 0.1) is 0 Å². The number of Topliss-reactive ketones (excluding diaryl/α,β-unsaturated/α-hetero) is 2. The first-order chi connectivity index (χ1) is 8.20. The predicted octanol–water partition coefficient (Wildman–Crippen LogP) is 0.485. The van der Waals surface area contributed by atoms with Crippen molar-refractivity contribution in [2.45, 2.75) is 0 Å². The number of likely N-dealkylation sites (N-methyl/N-ethyl adjacent to an activating group) is 1. The maximum atomic E-state index is 12.3. The van der Waals surface area contributed by atoms with Gasteiger partial charge < -0.3 is 14.7 Å². The highest BCUT2D eigenvalue weighted by Crippen LogP contribution is 2.31. The maximum absolute atomic E-state index is 12.3. The lowest BCUT2D eigenvalue weighted by atomic mass is 10.1. The van der Waals surface area contributed by atoms with Crippen LogP contribution in [0.2, 0.25) is 0 Å². The number of nitrogens with zero attached hydrogens (tertiary/aromatic N) is 3. The Bertz CT molecular complexity index is 452. The van der Waals surface area contributed by atoms with E-state index in [1.807, 2.05) is 0 Å². The SMILES string of the molecule is CN(C)C1=C(Cl)C(=O)C(=C(N(C)C)N(C)C)C1=O. The number of ketones is 2. The van der Waals surface area contributed by atoms with Crippen LogP contribution in [0.1, 0.15) is 0 Å². The van der Waals surface area contributed by atoms with Crippen LogP contribution < -0.4 is 0 Å². The van der Waals surface area contributed by atoms with Crippen LogP contribution in [0.3, 0.4) is 0 Å². The number of hydrogen-bond donors (Lipinski definition) is 0. The third-order valence-corrected chi connectivity index (χ3v) is 2.95. The topological polar surface area (TPSA) is 43.9 Å². The number of carbonyl (C=O) groups excluding carboxylic acids is 2. The second-order valence-electron chi connectivity index (χ2n) is 4.70. The molecule has 0 amide bonds. The fraction of sp³-hybridized carbons (Fsp3) is 0.500. The average molecular weight is 272 g/mol. The summed E-state index contributed by atoms with van der Waals surface area (Å²) in [6.45, 7) is 0. The molecule has 1 rings (SSSR count). The molecular weight excluding hydrogens is 254 g/mol. The predicted molar refractivity (Wildman–Crippen MR) is 71.0 cm³/mol. The monoisotopic (exact) mass is 271 g/mol. The minimum atomic E-state index is -0.414. The Labute approximate surface area is 112 Å². The molecule has 0 radical (unpaired) electrons. The van der Waals surface area contributed by atoms with Gasteiger partial charge in [0.05, 0.1) is 0 Å². The van der Waals surface area contributed by atoms with Crippen molar-refractivity contribution in [1.82, 2.24) is 14.7 Å². The van der Waals surface area contributed by atoms with E-state index in [0.717, 1.165) is 0 Å². The van der Waals surface area contributed by atoms with Crippen LogP contribution in [0.15, 0.2) is 22.1 Å². The van der Waals surface area contributed by atoms with Crippen LogP contribution in [0.4, 0.5) is 0 Å². The lowest BCUT2D eigenvalue weighted by Gasteiger charge is -2.26. The second kappa shape index (κ2) is 5.02. The first-order valence-electron chi connectivity index (χ1n) is 5.45. The van der Waals surface area contributed by atoms with E-state index >= 15 is 0 Å². The van der Waals surface area contributed by atoms with Gasteiger partial charge in [0, 0.05) is 42.3 Å². The van der Waals surface area contributed by atoms with Gasteiger partial charge in [-0.3, -0.25) is 9.59 Å².